The summed E-state index contributed by atoms with van der Waals surface area (Å²) >= 11 is 0. The maximum absolute atomic E-state index is 13.1. The lowest BCUT2D eigenvalue weighted by molar-refractivity contribution is -0.140. The number of nitrogens with one attached hydrogen (secondary N) is 7. The lowest BCUT2D eigenvalue weighted by atomic mass is 10.1. The molecule has 4 atom stereocenters. The molecule has 0 radical (unpaired) electrons. The quantitative estimate of drug-likeness (QED) is 0.124. The van der Waals surface area contributed by atoms with Crippen LogP contribution in [0.3, 0.4) is 0 Å². The van der Waals surface area contributed by atoms with Crippen LogP contribution in [-0.2, 0) is 47.9 Å². The Bertz CT molecular complexity index is 1500. The second-order valence-corrected chi connectivity index (χ2v) is 12.7. The van der Waals surface area contributed by atoms with Gasteiger partial charge in [0.1, 0.15) is 24.2 Å². The van der Waals surface area contributed by atoms with Crippen LogP contribution in [0.2, 0.25) is 0 Å². The average molecular weight is 717 g/mol. The topological polar surface area (TPSA) is 265 Å². The van der Waals surface area contributed by atoms with Crippen molar-refractivity contribution in [3.05, 3.63) is 11.8 Å². The average Bonchev–Trinajstić information content (AvgIpc) is 3.80. The number of hydrogen-bond acceptors (Lipinski definition) is 11. The predicted molar refractivity (Wildman–Crippen MR) is 174 cm³/mol. The van der Waals surface area contributed by atoms with Crippen LogP contribution >= 0.6 is 0 Å². The van der Waals surface area contributed by atoms with Gasteiger partial charge in [-0.3, -0.25) is 47.9 Å². The van der Waals surface area contributed by atoms with E-state index in [9.17, 15) is 47.9 Å². The molecule has 4 heterocycles. The van der Waals surface area contributed by atoms with Gasteiger partial charge in [-0.2, -0.15) is 0 Å². The van der Waals surface area contributed by atoms with Crippen LogP contribution in [-0.4, -0.2) is 157 Å². The maximum atomic E-state index is 13.1. The second kappa shape index (κ2) is 17.4. The highest BCUT2D eigenvalue weighted by Gasteiger charge is 2.37. The Morgan fingerprint density at radius 1 is 0.529 bits per heavy atom. The summed E-state index contributed by atoms with van der Waals surface area (Å²) in [5.74, 6) is -5.94. The molecule has 9 amide bonds. The van der Waals surface area contributed by atoms with Crippen molar-refractivity contribution in [3.8, 4) is 0 Å². The van der Waals surface area contributed by atoms with Crippen molar-refractivity contribution >= 4 is 58.9 Å². The number of carbonyl (C=O) groups excluding carboxylic acids is 10. The molecule has 0 aromatic heterocycles. The Kier molecular flexibility index (Phi) is 13.0. The van der Waals surface area contributed by atoms with E-state index in [0.717, 1.165) is 0 Å². The summed E-state index contributed by atoms with van der Waals surface area (Å²) < 4.78 is 0. The van der Waals surface area contributed by atoms with Crippen LogP contribution in [0.25, 0.3) is 0 Å². The minimum absolute atomic E-state index is 0.0550. The summed E-state index contributed by atoms with van der Waals surface area (Å²) in [4.78, 5) is 131. The highest BCUT2D eigenvalue weighted by Crippen LogP contribution is 2.19. The van der Waals surface area contributed by atoms with Crippen molar-refractivity contribution in [2.75, 3.05) is 58.9 Å². The molecular formula is C31H44N10O10. The SMILES string of the molecule is C[C@@H]1NC(=O)[C@H]2CCCN2C(=O)CNC(=O)CNC(=O)CNC(=O)[C@H](C)NC(=O)[C@H]2CCCN2C(=O)CNC2=CC(=O)CN(C2)C(=O)CNC1=O. The molecule has 3 fully saturated rings. The van der Waals surface area contributed by atoms with Gasteiger partial charge in [0, 0.05) is 24.9 Å². The van der Waals surface area contributed by atoms with E-state index in [1.54, 1.807) is 0 Å². The molecule has 0 aromatic rings. The van der Waals surface area contributed by atoms with E-state index in [2.05, 4.69) is 37.2 Å². The Balaban J connectivity index is 1.43. The second-order valence-electron chi connectivity index (χ2n) is 12.7. The Hall–Kier alpha value is -5.56. The van der Waals surface area contributed by atoms with Gasteiger partial charge in [0.2, 0.25) is 53.2 Å². The molecule has 0 unspecified atom stereocenters. The molecule has 20 heteroatoms. The number of ketones is 1. The third-order valence-corrected chi connectivity index (χ3v) is 8.84. The lowest BCUT2D eigenvalue weighted by Crippen LogP contribution is -2.55. The molecule has 0 aliphatic carbocycles. The summed E-state index contributed by atoms with van der Waals surface area (Å²) in [6.45, 7) is 0.791. The molecule has 0 aromatic carbocycles. The summed E-state index contributed by atoms with van der Waals surface area (Å²) in [5.41, 5.74) is 0.282. The molecule has 4 aliphatic heterocycles. The number of nitrogens with zero attached hydrogens (tertiary/aromatic N) is 3. The highest BCUT2D eigenvalue weighted by molar-refractivity contribution is 5.98. The zero-order valence-corrected chi connectivity index (χ0v) is 28.5. The first-order valence-corrected chi connectivity index (χ1v) is 16.8. The summed E-state index contributed by atoms with van der Waals surface area (Å²) in [6, 6.07) is -3.91. The van der Waals surface area contributed by atoms with Crippen molar-refractivity contribution in [1.29, 1.82) is 0 Å². The van der Waals surface area contributed by atoms with Gasteiger partial charge >= 0.3 is 0 Å². The van der Waals surface area contributed by atoms with Crippen LogP contribution in [0.5, 0.6) is 0 Å². The zero-order valence-electron chi connectivity index (χ0n) is 28.5. The van der Waals surface area contributed by atoms with Gasteiger partial charge in [0.15, 0.2) is 5.78 Å². The van der Waals surface area contributed by atoms with Gasteiger partial charge in [-0.05, 0) is 39.5 Å². The molecule has 3 saturated heterocycles. The molecule has 0 saturated carbocycles. The van der Waals surface area contributed by atoms with Crippen molar-refractivity contribution < 1.29 is 47.9 Å². The first-order valence-electron chi connectivity index (χ1n) is 16.8. The largest absolute Gasteiger partial charge is 0.378 e. The number of fused-ring (bicyclic) bond motifs is 4. The van der Waals surface area contributed by atoms with Crippen molar-refractivity contribution in [1.82, 2.24) is 51.9 Å². The normalized spacial score (nSPS) is 27.5. The van der Waals surface area contributed by atoms with Crippen molar-refractivity contribution in [2.24, 2.45) is 0 Å². The third-order valence-electron chi connectivity index (χ3n) is 8.84. The molecular weight excluding hydrogens is 672 g/mol. The zero-order chi connectivity index (χ0) is 37.2. The molecule has 4 aliphatic rings. The van der Waals surface area contributed by atoms with Gasteiger partial charge in [0.05, 0.1) is 45.8 Å². The van der Waals surface area contributed by atoms with Gasteiger partial charge in [-0.15, -0.1) is 0 Å². The van der Waals surface area contributed by atoms with E-state index in [-0.39, 0.29) is 38.4 Å². The Morgan fingerprint density at radius 2 is 0.980 bits per heavy atom. The van der Waals surface area contributed by atoms with E-state index >= 15 is 0 Å². The van der Waals surface area contributed by atoms with Gasteiger partial charge in [-0.25, -0.2) is 0 Å². The Morgan fingerprint density at radius 3 is 1.53 bits per heavy atom. The van der Waals surface area contributed by atoms with E-state index in [4.69, 9.17) is 0 Å². The molecule has 0 spiro atoms. The minimum Gasteiger partial charge on any atom is -0.378 e. The summed E-state index contributed by atoms with van der Waals surface area (Å²) in [7, 11) is 0. The van der Waals surface area contributed by atoms with Gasteiger partial charge in [0.25, 0.3) is 0 Å². The highest BCUT2D eigenvalue weighted by atomic mass is 16.2. The van der Waals surface area contributed by atoms with Crippen LogP contribution in [0.4, 0.5) is 0 Å². The number of carbonyl (C=O) groups is 10. The first-order chi connectivity index (χ1) is 24.2. The van der Waals surface area contributed by atoms with Crippen LogP contribution in [0.1, 0.15) is 39.5 Å². The minimum atomic E-state index is -1.08. The van der Waals surface area contributed by atoms with Crippen molar-refractivity contribution in [3.63, 3.8) is 0 Å². The van der Waals surface area contributed by atoms with Crippen LogP contribution < -0.4 is 37.2 Å². The van der Waals surface area contributed by atoms with Gasteiger partial charge < -0.3 is 51.9 Å². The molecule has 20 nitrogen and oxygen atoms in total. The smallest absolute Gasteiger partial charge is 0.243 e. The fraction of sp³-hybridized carbons (Fsp3) is 0.613. The third kappa shape index (κ3) is 10.5. The summed E-state index contributed by atoms with van der Waals surface area (Å²) in [5, 5.41) is 17.4. The number of amides is 9. The molecule has 278 valence electrons. The standard InChI is InChI=1S/C31H44N10O10/c1-17-28(48)35-11-24(44)33-10-23(43)34-14-27(47)41-8-4-6-22(41)31(51)38-18(2)29(49)36-12-25(45)39-15-19(9-20(42)16-39)32-13-26(46)40-7-3-5-21(40)30(50)37-17/h9,17-18,21-22,32H,3-8,10-16H2,1-2H3,(H,33,44)(H,34,43)(H,35,48)(H,36,49)(H,37,50)(H,38,51)/t17-,18-,21+,22+/m0/s1. The van der Waals surface area contributed by atoms with Crippen LogP contribution in [0.15, 0.2) is 11.8 Å². The van der Waals surface area contributed by atoms with E-state index in [1.807, 2.05) is 0 Å². The molecule has 7 N–H and O–H groups in total. The fourth-order valence-electron chi connectivity index (χ4n) is 6.06. The maximum Gasteiger partial charge on any atom is 0.243 e. The van der Waals surface area contributed by atoms with E-state index in [1.165, 1.54) is 34.6 Å². The predicted octanol–water partition coefficient (Wildman–Crippen LogP) is -5.66. The van der Waals surface area contributed by atoms with E-state index < -0.39 is 109 Å². The molecule has 51 heavy (non-hydrogen) atoms. The fourth-order valence-corrected chi connectivity index (χ4v) is 6.06. The number of hydrogen-bond donors (Lipinski definition) is 7. The lowest BCUT2D eigenvalue weighted by Gasteiger charge is -2.29. The van der Waals surface area contributed by atoms with Crippen LogP contribution in [0, 0.1) is 0 Å². The summed E-state index contributed by atoms with van der Waals surface area (Å²) in [6.07, 6.45) is 2.97. The van der Waals surface area contributed by atoms with E-state index in [0.29, 0.717) is 25.7 Å². The molecule has 4 rings (SSSR count). The van der Waals surface area contributed by atoms with Gasteiger partial charge in [-0.1, -0.05) is 0 Å². The first kappa shape index (κ1) is 38.2. The van der Waals surface area contributed by atoms with Crippen molar-refractivity contribution in [2.45, 2.75) is 63.7 Å². The monoisotopic (exact) mass is 716 g/mol. The number of rotatable bonds is 0. The Labute approximate surface area is 293 Å². The molecule has 2 bridgehead atoms.